The fraction of sp³-hybridized carbons (Fsp3) is 0.250. The fourth-order valence-corrected chi connectivity index (χ4v) is 2.38. The minimum absolute atomic E-state index is 0.470. The maximum atomic E-state index is 9.63. The van der Waals surface area contributed by atoms with Crippen LogP contribution >= 0.6 is 8.60 Å². The highest BCUT2D eigenvalue weighted by atomic mass is 31.2. The van der Waals surface area contributed by atoms with E-state index in [4.69, 9.17) is 9.05 Å². The Kier molecular flexibility index (Phi) is 6.69. The molecule has 4 heteroatoms. The van der Waals surface area contributed by atoms with Crippen molar-refractivity contribution in [2.24, 2.45) is 0 Å². The van der Waals surface area contributed by atoms with Gasteiger partial charge in [0, 0.05) is 0 Å². The van der Waals surface area contributed by atoms with Gasteiger partial charge < -0.3 is 13.9 Å². The van der Waals surface area contributed by atoms with Crippen LogP contribution in [-0.4, -0.2) is 18.1 Å². The van der Waals surface area contributed by atoms with Crippen LogP contribution in [0.2, 0.25) is 0 Å². The first-order valence-electron chi connectivity index (χ1n) is 6.67. The Hall–Kier alpha value is -1.25. The number of hydrogen-bond acceptors (Lipinski definition) is 3. The predicted molar refractivity (Wildman–Crippen MR) is 81.3 cm³/mol. The highest BCUT2D eigenvalue weighted by Crippen LogP contribution is 2.32. The van der Waals surface area contributed by atoms with E-state index >= 15 is 0 Å². The lowest BCUT2D eigenvalue weighted by molar-refractivity contribution is 0.203. The summed E-state index contributed by atoms with van der Waals surface area (Å²) < 4.78 is 10.6. The Morgan fingerprint density at radius 1 is 0.700 bits per heavy atom. The van der Waals surface area contributed by atoms with E-state index in [1.807, 2.05) is 60.7 Å². The average Bonchev–Trinajstić information content (AvgIpc) is 2.49. The van der Waals surface area contributed by atoms with Gasteiger partial charge in [-0.3, -0.25) is 0 Å². The molecule has 0 aliphatic heterocycles. The second-order valence-electron chi connectivity index (χ2n) is 4.38. The van der Waals surface area contributed by atoms with Crippen LogP contribution in [0.15, 0.2) is 60.7 Å². The summed E-state index contributed by atoms with van der Waals surface area (Å²) in [6, 6.07) is 20.1. The topological polar surface area (TPSA) is 38.7 Å². The third-order valence-electron chi connectivity index (χ3n) is 2.87. The van der Waals surface area contributed by atoms with E-state index in [1.54, 1.807) is 0 Å². The molecular formula is C16H19O3P. The summed E-state index contributed by atoms with van der Waals surface area (Å²) in [6.45, 7) is 0.940. The quantitative estimate of drug-likeness (QED) is 0.753. The van der Waals surface area contributed by atoms with Crippen molar-refractivity contribution in [3.05, 3.63) is 71.8 Å². The lowest BCUT2D eigenvalue weighted by atomic mass is 10.2. The molecule has 0 bridgehead atoms. The molecule has 2 aromatic rings. The minimum Gasteiger partial charge on any atom is -0.328 e. The molecular weight excluding hydrogens is 271 g/mol. The molecule has 0 spiro atoms. The van der Waals surface area contributed by atoms with E-state index in [1.165, 1.54) is 11.1 Å². The van der Waals surface area contributed by atoms with Crippen LogP contribution in [0.4, 0.5) is 0 Å². The summed E-state index contributed by atoms with van der Waals surface area (Å²) in [5.41, 5.74) is 2.39. The van der Waals surface area contributed by atoms with Crippen molar-refractivity contribution in [1.29, 1.82) is 0 Å². The molecule has 0 saturated heterocycles. The van der Waals surface area contributed by atoms with Crippen LogP contribution in [0, 0.1) is 0 Å². The molecule has 0 radical (unpaired) electrons. The highest BCUT2D eigenvalue weighted by Gasteiger charge is 2.06. The van der Waals surface area contributed by atoms with Gasteiger partial charge in [0.15, 0.2) is 0 Å². The standard InChI is InChI=1S/C16H19O3P/c17-20(18-13-11-15-7-3-1-4-8-15)19-14-12-16-9-5-2-6-10-16/h1-10,17H,11-14H2. The number of rotatable bonds is 8. The van der Waals surface area contributed by atoms with E-state index < -0.39 is 8.60 Å². The van der Waals surface area contributed by atoms with Gasteiger partial charge in [-0.15, -0.1) is 0 Å². The van der Waals surface area contributed by atoms with E-state index in [9.17, 15) is 4.89 Å². The van der Waals surface area contributed by atoms with Crippen LogP contribution < -0.4 is 0 Å². The van der Waals surface area contributed by atoms with Crippen LogP contribution in [0.3, 0.4) is 0 Å². The van der Waals surface area contributed by atoms with E-state index in [0.717, 1.165) is 12.8 Å². The monoisotopic (exact) mass is 290 g/mol. The summed E-state index contributed by atoms with van der Waals surface area (Å²) in [5.74, 6) is 0. The van der Waals surface area contributed by atoms with Crippen LogP contribution in [0.5, 0.6) is 0 Å². The largest absolute Gasteiger partial charge is 0.329 e. The molecule has 0 aromatic heterocycles. The second-order valence-corrected chi connectivity index (χ2v) is 5.37. The molecule has 20 heavy (non-hydrogen) atoms. The summed E-state index contributed by atoms with van der Waals surface area (Å²) in [6.07, 6.45) is 1.56. The van der Waals surface area contributed by atoms with E-state index in [-0.39, 0.29) is 0 Å². The Bertz CT molecular complexity index is 430. The maximum Gasteiger partial charge on any atom is 0.329 e. The van der Waals surface area contributed by atoms with Gasteiger partial charge in [-0.1, -0.05) is 60.7 Å². The Morgan fingerprint density at radius 2 is 1.10 bits per heavy atom. The van der Waals surface area contributed by atoms with Gasteiger partial charge in [0.2, 0.25) is 0 Å². The van der Waals surface area contributed by atoms with Crippen LogP contribution in [-0.2, 0) is 21.9 Å². The van der Waals surface area contributed by atoms with Gasteiger partial charge in [0.1, 0.15) is 0 Å². The molecule has 0 unspecified atom stereocenters. The van der Waals surface area contributed by atoms with Crippen molar-refractivity contribution in [3.8, 4) is 0 Å². The normalized spacial score (nSPS) is 10.9. The summed E-state index contributed by atoms with van der Waals surface area (Å²) in [5, 5.41) is 0. The Labute approximate surface area is 121 Å². The Morgan fingerprint density at radius 3 is 1.50 bits per heavy atom. The zero-order chi connectivity index (χ0) is 14.0. The zero-order valence-corrected chi connectivity index (χ0v) is 12.2. The van der Waals surface area contributed by atoms with Crippen molar-refractivity contribution in [1.82, 2.24) is 0 Å². The number of benzene rings is 2. The molecule has 0 saturated carbocycles. The third-order valence-corrected chi connectivity index (χ3v) is 3.68. The van der Waals surface area contributed by atoms with Crippen molar-refractivity contribution in [2.45, 2.75) is 12.8 Å². The van der Waals surface area contributed by atoms with Gasteiger partial charge in [-0.2, -0.15) is 0 Å². The summed E-state index contributed by atoms with van der Waals surface area (Å²) >= 11 is 0. The van der Waals surface area contributed by atoms with E-state index in [0.29, 0.717) is 13.2 Å². The van der Waals surface area contributed by atoms with Crippen molar-refractivity contribution in [3.63, 3.8) is 0 Å². The lowest BCUT2D eigenvalue weighted by Crippen LogP contribution is -1.99. The molecule has 2 rings (SSSR count). The number of hydrogen-bond donors (Lipinski definition) is 1. The highest BCUT2D eigenvalue weighted by molar-refractivity contribution is 7.40. The fourth-order valence-electron chi connectivity index (χ4n) is 1.81. The molecule has 0 aliphatic carbocycles. The lowest BCUT2D eigenvalue weighted by Gasteiger charge is -2.10. The predicted octanol–water partition coefficient (Wildman–Crippen LogP) is 3.72. The molecule has 0 fully saturated rings. The van der Waals surface area contributed by atoms with Crippen molar-refractivity contribution < 1.29 is 13.9 Å². The van der Waals surface area contributed by atoms with Gasteiger partial charge in [-0.25, -0.2) is 0 Å². The van der Waals surface area contributed by atoms with Crippen LogP contribution in [0.25, 0.3) is 0 Å². The van der Waals surface area contributed by atoms with E-state index in [2.05, 4.69) is 0 Å². The molecule has 3 nitrogen and oxygen atoms in total. The SMILES string of the molecule is OP(OCCc1ccccc1)OCCc1ccccc1. The summed E-state index contributed by atoms with van der Waals surface area (Å²) in [7, 11) is -1.77. The van der Waals surface area contributed by atoms with Gasteiger partial charge in [-0.05, 0) is 24.0 Å². The molecule has 2 aromatic carbocycles. The first-order valence-corrected chi connectivity index (χ1v) is 7.80. The second kappa shape index (κ2) is 8.83. The molecule has 106 valence electrons. The molecule has 0 heterocycles. The van der Waals surface area contributed by atoms with Crippen molar-refractivity contribution in [2.75, 3.05) is 13.2 Å². The maximum absolute atomic E-state index is 9.63. The van der Waals surface area contributed by atoms with Gasteiger partial charge in [0.05, 0.1) is 13.2 Å². The van der Waals surface area contributed by atoms with Gasteiger partial charge >= 0.3 is 8.60 Å². The average molecular weight is 290 g/mol. The van der Waals surface area contributed by atoms with Gasteiger partial charge in [0.25, 0.3) is 0 Å². The van der Waals surface area contributed by atoms with Crippen LogP contribution in [0.1, 0.15) is 11.1 Å². The molecule has 0 atom stereocenters. The first kappa shape index (κ1) is 15.1. The van der Waals surface area contributed by atoms with Crippen molar-refractivity contribution >= 4 is 8.60 Å². The molecule has 0 aliphatic rings. The Balaban J connectivity index is 1.58. The molecule has 0 amide bonds. The zero-order valence-electron chi connectivity index (χ0n) is 11.3. The summed E-state index contributed by atoms with van der Waals surface area (Å²) in [4.78, 5) is 9.63. The first-order chi connectivity index (χ1) is 9.84. The minimum atomic E-state index is -1.77. The smallest absolute Gasteiger partial charge is 0.328 e. The molecule has 1 N–H and O–H groups in total. The third kappa shape index (κ3) is 5.81.